The Hall–Kier alpha value is -3.08. The van der Waals surface area contributed by atoms with Crippen molar-refractivity contribution in [3.8, 4) is 5.75 Å². The van der Waals surface area contributed by atoms with E-state index >= 15 is 0 Å². The van der Waals surface area contributed by atoms with Gasteiger partial charge in [0.2, 0.25) is 0 Å². The lowest BCUT2D eigenvalue weighted by Gasteiger charge is -2.19. The summed E-state index contributed by atoms with van der Waals surface area (Å²) in [7, 11) is 1.89. The van der Waals surface area contributed by atoms with E-state index in [9.17, 15) is 9.90 Å². The van der Waals surface area contributed by atoms with Crippen molar-refractivity contribution in [2.24, 2.45) is 7.05 Å². The largest absolute Gasteiger partial charge is 0.508 e. The summed E-state index contributed by atoms with van der Waals surface area (Å²) in [5, 5.41) is 12.3. The summed E-state index contributed by atoms with van der Waals surface area (Å²) in [5.41, 5.74) is 1.44. The fourth-order valence-corrected chi connectivity index (χ4v) is 2.42. The van der Waals surface area contributed by atoms with E-state index in [1.54, 1.807) is 18.3 Å². The van der Waals surface area contributed by atoms with E-state index in [0.29, 0.717) is 5.56 Å². The van der Waals surface area contributed by atoms with Crippen LogP contribution in [0.2, 0.25) is 0 Å². The van der Waals surface area contributed by atoms with Crippen LogP contribution in [0.3, 0.4) is 0 Å². The molecule has 0 bridgehead atoms. The number of nitrogens with one attached hydrogen (secondary N) is 1. The molecular weight excluding hydrogens is 290 g/mol. The maximum Gasteiger partial charge on any atom is 0.252 e. The molecule has 2 N–H and O–H groups in total. The summed E-state index contributed by atoms with van der Waals surface area (Å²) in [6.45, 7) is 0. The summed E-state index contributed by atoms with van der Waals surface area (Å²) in [6.07, 6.45) is 3.55. The molecule has 5 heteroatoms. The van der Waals surface area contributed by atoms with Crippen LogP contribution in [0.5, 0.6) is 5.75 Å². The Morgan fingerprint density at radius 1 is 1.13 bits per heavy atom. The van der Waals surface area contributed by atoms with Gasteiger partial charge in [-0.25, -0.2) is 4.98 Å². The first-order valence-electron chi connectivity index (χ1n) is 7.27. The van der Waals surface area contributed by atoms with Crippen LogP contribution >= 0.6 is 0 Å². The van der Waals surface area contributed by atoms with Gasteiger partial charge in [-0.15, -0.1) is 0 Å². The maximum absolute atomic E-state index is 12.5. The molecule has 3 rings (SSSR count). The molecule has 23 heavy (non-hydrogen) atoms. The third-order valence-corrected chi connectivity index (χ3v) is 3.65. The van der Waals surface area contributed by atoms with Gasteiger partial charge < -0.3 is 15.0 Å². The Kier molecular flexibility index (Phi) is 4.10. The molecule has 2 aromatic carbocycles. The highest BCUT2D eigenvalue weighted by atomic mass is 16.3. The fourth-order valence-electron chi connectivity index (χ4n) is 2.42. The van der Waals surface area contributed by atoms with E-state index in [2.05, 4.69) is 10.3 Å². The molecule has 0 saturated heterocycles. The molecule has 1 unspecified atom stereocenters. The number of amides is 1. The van der Waals surface area contributed by atoms with Gasteiger partial charge in [0, 0.05) is 25.0 Å². The average Bonchev–Trinajstić information content (AvgIpc) is 2.99. The minimum Gasteiger partial charge on any atom is -0.508 e. The normalized spacial score (nSPS) is 11.9. The van der Waals surface area contributed by atoms with Gasteiger partial charge in [-0.2, -0.15) is 0 Å². The van der Waals surface area contributed by atoms with Crippen molar-refractivity contribution in [2.45, 2.75) is 6.04 Å². The number of nitrogens with zero attached hydrogens (tertiary/aromatic N) is 2. The Morgan fingerprint density at radius 2 is 1.83 bits per heavy atom. The number of phenolic OH excluding ortho intramolecular Hbond substituents is 1. The number of hydrogen-bond donors (Lipinski definition) is 2. The first-order valence-corrected chi connectivity index (χ1v) is 7.27. The number of carbonyl (C=O) groups is 1. The van der Waals surface area contributed by atoms with E-state index in [1.165, 1.54) is 12.1 Å². The second-order valence-electron chi connectivity index (χ2n) is 5.26. The first kappa shape index (κ1) is 14.8. The zero-order valence-electron chi connectivity index (χ0n) is 12.7. The molecule has 5 nitrogen and oxygen atoms in total. The number of hydrogen-bond acceptors (Lipinski definition) is 3. The molecule has 0 radical (unpaired) electrons. The number of phenols is 1. The van der Waals surface area contributed by atoms with Crippen molar-refractivity contribution in [1.29, 1.82) is 0 Å². The molecule has 116 valence electrons. The van der Waals surface area contributed by atoms with Gasteiger partial charge in [0.25, 0.3) is 5.91 Å². The minimum atomic E-state index is -0.350. The molecule has 1 atom stereocenters. The molecule has 0 saturated carbocycles. The first-order chi connectivity index (χ1) is 11.1. The molecule has 0 aliphatic heterocycles. The van der Waals surface area contributed by atoms with E-state index in [-0.39, 0.29) is 17.7 Å². The lowest BCUT2D eigenvalue weighted by Crippen LogP contribution is -2.31. The Morgan fingerprint density at radius 3 is 2.43 bits per heavy atom. The number of aromatic nitrogens is 2. The number of carbonyl (C=O) groups excluding carboxylic acids is 1. The van der Waals surface area contributed by atoms with E-state index in [0.717, 1.165) is 11.4 Å². The van der Waals surface area contributed by atoms with Crippen LogP contribution in [0.4, 0.5) is 0 Å². The standard InChI is InChI=1S/C18H17N3O2/c1-21-12-11-19-17(21)16(13-5-3-2-4-6-13)20-18(23)14-7-9-15(22)10-8-14/h2-12,16,22H,1H3,(H,20,23). The Bertz CT molecular complexity index is 795. The predicted octanol–water partition coefficient (Wildman–Crippen LogP) is 2.65. The Balaban J connectivity index is 1.92. The van der Waals surface area contributed by atoms with Crippen LogP contribution in [0.15, 0.2) is 67.0 Å². The van der Waals surface area contributed by atoms with Crippen LogP contribution in [-0.2, 0) is 7.05 Å². The van der Waals surface area contributed by atoms with Gasteiger partial charge in [0.1, 0.15) is 17.6 Å². The van der Waals surface area contributed by atoms with Crippen LogP contribution in [0, 0.1) is 0 Å². The highest BCUT2D eigenvalue weighted by Gasteiger charge is 2.21. The third-order valence-electron chi connectivity index (χ3n) is 3.65. The van der Waals surface area contributed by atoms with Crippen LogP contribution < -0.4 is 5.32 Å². The minimum absolute atomic E-state index is 0.130. The van der Waals surface area contributed by atoms with E-state index in [4.69, 9.17) is 0 Å². The predicted molar refractivity (Wildman–Crippen MR) is 87.1 cm³/mol. The van der Waals surface area contributed by atoms with Crippen molar-refractivity contribution < 1.29 is 9.90 Å². The number of rotatable bonds is 4. The molecule has 3 aromatic rings. The second kappa shape index (κ2) is 6.36. The number of benzene rings is 2. The maximum atomic E-state index is 12.5. The quantitative estimate of drug-likeness (QED) is 0.778. The molecule has 0 aliphatic rings. The van der Waals surface area contributed by atoms with E-state index in [1.807, 2.05) is 48.1 Å². The van der Waals surface area contributed by atoms with Gasteiger partial charge in [0.05, 0.1) is 0 Å². The van der Waals surface area contributed by atoms with Gasteiger partial charge in [0.15, 0.2) is 0 Å². The van der Waals surface area contributed by atoms with Gasteiger partial charge in [-0.05, 0) is 29.8 Å². The molecule has 0 fully saturated rings. The summed E-state index contributed by atoms with van der Waals surface area (Å²) < 4.78 is 1.88. The zero-order chi connectivity index (χ0) is 16.2. The van der Waals surface area contributed by atoms with Crippen molar-refractivity contribution in [3.05, 3.63) is 83.9 Å². The van der Waals surface area contributed by atoms with Crippen LogP contribution in [-0.4, -0.2) is 20.6 Å². The molecular formula is C18H17N3O2. The van der Waals surface area contributed by atoms with Gasteiger partial charge in [-0.3, -0.25) is 4.79 Å². The number of imidazole rings is 1. The molecule has 1 heterocycles. The lowest BCUT2D eigenvalue weighted by molar-refractivity contribution is 0.0941. The van der Waals surface area contributed by atoms with E-state index < -0.39 is 0 Å². The van der Waals surface area contributed by atoms with Crippen molar-refractivity contribution in [2.75, 3.05) is 0 Å². The summed E-state index contributed by atoms with van der Waals surface area (Å²) in [6, 6.07) is 15.5. The van der Waals surface area contributed by atoms with Gasteiger partial charge in [-0.1, -0.05) is 30.3 Å². The molecule has 1 amide bonds. The number of aromatic hydroxyl groups is 1. The highest BCUT2D eigenvalue weighted by molar-refractivity contribution is 5.94. The SMILES string of the molecule is Cn1ccnc1C(NC(=O)c1ccc(O)cc1)c1ccccc1. The second-order valence-corrected chi connectivity index (χ2v) is 5.26. The summed E-state index contributed by atoms with van der Waals surface area (Å²) in [5.74, 6) is 0.662. The fraction of sp³-hybridized carbons (Fsp3) is 0.111. The molecule has 1 aromatic heterocycles. The highest BCUT2D eigenvalue weighted by Crippen LogP contribution is 2.21. The average molecular weight is 307 g/mol. The smallest absolute Gasteiger partial charge is 0.252 e. The monoisotopic (exact) mass is 307 g/mol. The van der Waals surface area contributed by atoms with Crippen LogP contribution in [0.25, 0.3) is 0 Å². The van der Waals surface area contributed by atoms with Crippen molar-refractivity contribution >= 4 is 5.91 Å². The van der Waals surface area contributed by atoms with Gasteiger partial charge >= 0.3 is 0 Å². The molecule has 0 aliphatic carbocycles. The van der Waals surface area contributed by atoms with Crippen molar-refractivity contribution in [3.63, 3.8) is 0 Å². The van der Waals surface area contributed by atoms with Crippen LogP contribution in [0.1, 0.15) is 27.8 Å². The lowest BCUT2D eigenvalue weighted by atomic mass is 10.1. The summed E-state index contributed by atoms with van der Waals surface area (Å²) >= 11 is 0. The Labute approximate surface area is 134 Å². The number of aryl methyl sites for hydroxylation is 1. The third kappa shape index (κ3) is 3.23. The molecule has 0 spiro atoms. The van der Waals surface area contributed by atoms with Crippen molar-refractivity contribution in [1.82, 2.24) is 14.9 Å². The topological polar surface area (TPSA) is 67.2 Å². The zero-order valence-corrected chi connectivity index (χ0v) is 12.7. The summed E-state index contributed by atoms with van der Waals surface area (Å²) in [4.78, 5) is 16.9.